The Kier molecular flexibility index (Phi) is 2.92. The lowest BCUT2D eigenvalue weighted by molar-refractivity contribution is 0.122. The Morgan fingerprint density at radius 1 is 1.11 bits per heavy atom. The van der Waals surface area contributed by atoms with Gasteiger partial charge in [0.1, 0.15) is 5.82 Å². The van der Waals surface area contributed by atoms with Crippen molar-refractivity contribution in [2.45, 2.75) is 13.8 Å². The van der Waals surface area contributed by atoms with E-state index in [1.807, 2.05) is 0 Å². The van der Waals surface area contributed by atoms with E-state index < -0.39 is 0 Å². The van der Waals surface area contributed by atoms with Crippen LogP contribution >= 0.6 is 0 Å². The molecule has 0 N–H and O–H groups in total. The number of rotatable bonds is 1. The molecule has 18 heavy (non-hydrogen) atoms. The molecule has 1 aliphatic heterocycles. The van der Waals surface area contributed by atoms with E-state index in [2.05, 4.69) is 43.0 Å². The standard InChI is InChI=1S/C15H18N2O/c1-11-4-3-5-13-12(2)10-14(16-15(11)13)17-6-8-18-9-7-17/h3-5,10H,6-9H2,1-2H3. The minimum absolute atomic E-state index is 0.798. The molecule has 0 atom stereocenters. The van der Waals surface area contributed by atoms with E-state index in [4.69, 9.17) is 9.72 Å². The quantitative estimate of drug-likeness (QED) is 0.768. The summed E-state index contributed by atoms with van der Waals surface area (Å²) in [7, 11) is 0. The van der Waals surface area contributed by atoms with Gasteiger partial charge < -0.3 is 9.64 Å². The highest BCUT2D eigenvalue weighted by Gasteiger charge is 2.14. The average molecular weight is 242 g/mol. The maximum absolute atomic E-state index is 5.39. The van der Waals surface area contributed by atoms with Crippen LogP contribution in [-0.4, -0.2) is 31.3 Å². The molecule has 1 aromatic carbocycles. The van der Waals surface area contributed by atoms with Crippen LogP contribution in [0.5, 0.6) is 0 Å². The minimum atomic E-state index is 0.798. The first-order valence-corrected chi connectivity index (χ1v) is 6.45. The van der Waals surface area contributed by atoms with Gasteiger partial charge in [-0.05, 0) is 31.0 Å². The Morgan fingerprint density at radius 3 is 2.67 bits per heavy atom. The van der Waals surface area contributed by atoms with Crippen LogP contribution < -0.4 is 4.90 Å². The lowest BCUT2D eigenvalue weighted by atomic mass is 10.1. The first-order valence-electron chi connectivity index (χ1n) is 6.45. The van der Waals surface area contributed by atoms with Crippen molar-refractivity contribution < 1.29 is 4.74 Å². The molecule has 2 aromatic rings. The molecule has 0 spiro atoms. The number of benzene rings is 1. The fourth-order valence-corrected chi connectivity index (χ4v) is 2.50. The molecule has 3 rings (SSSR count). The minimum Gasteiger partial charge on any atom is -0.378 e. The van der Waals surface area contributed by atoms with Crippen molar-refractivity contribution in [2.75, 3.05) is 31.2 Å². The van der Waals surface area contributed by atoms with E-state index in [0.29, 0.717) is 0 Å². The van der Waals surface area contributed by atoms with Crippen LogP contribution in [0.3, 0.4) is 0 Å². The second kappa shape index (κ2) is 4.58. The SMILES string of the molecule is Cc1cc(N2CCOCC2)nc2c(C)cccc12. The van der Waals surface area contributed by atoms with Gasteiger partial charge in [-0.1, -0.05) is 18.2 Å². The number of hydrogen-bond donors (Lipinski definition) is 0. The molecule has 3 heteroatoms. The van der Waals surface area contributed by atoms with Crippen LogP contribution in [-0.2, 0) is 4.74 Å². The highest BCUT2D eigenvalue weighted by Crippen LogP contribution is 2.25. The van der Waals surface area contributed by atoms with Gasteiger partial charge in [-0.15, -0.1) is 0 Å². The number of hydrogen-bond acceptors (Lipinski definition) is 3. The molecule has 1 aromatic heterocycles. The molecule has 3 nitrogen and oxygen atoms in total. The Morgan fingerprint density at radius 2 is 1.89 bits per heavy atom. The highest BCUT2D eigenvalue weighted by molar-refractivity contribution is 5.86. The fraction of sp³-hybridized carbons (Fsp3) is 0.400. The summed E-state index contributed by atoms with van der Waals surface area (Å²) < 4.78 is 5.39. The van der Waals surface area contributed by atoms with Crippen LogP contribution in [0.2, 0.25) is 0 Å². The predicted molar refractivity (Wildman–Crippen MR) is 74.2 cm³/mol. The van der Waals surface area contributed by atoms with Gasteiger partial charge in [0.15, 0.2) is 0 Å². The Bertz CT molecular complexity index is 574. The number of anilines is 1. The number of ether oxygens (including phenoxy) is 1. The molecule has 0 aliphatic carbocycles. The first kappa shape index (κ1) is 11.5. The summed E-state index contributed by atoms with van der Waals surface area (Å²) in [5.74, 6) is 1.08. The summed E-state index contributed by atoms with van der Waals surface area (Å²) in [6.45, 7) is 7.75. The zero-order valence-electron chi connectivity index (χ0n) is 10.9. The lowest BCUT2D eigenvalue weighted by Gasteiger charge is -2.28. The maximum Gasteiger partial charge on any atom is 0.129 e. The van der Waals surface area contributed by atoms with Crippen molar-refractivity contribution in [1.29, 1.82) is 0 Å². The Balaban J connectivity index is 2.11. The van der Waals surface area contributed by atoms with Gasteiger partial charge in [-0.25, -0.2) is 4.98 Å². The third kappa shape index (κ3) is 1.95. The van der Waals surface area contributed by atoms with E-state index in [9.17, 15) is 0 Å². The first-order chi connectivity index (χ1) is 8.75. The molecule has 0 saturated carbocycles. The van der Waals surface area contributed by atoms with Crippen LogP contribution in [0.1, 0.15) is 11.1 Å². The van der Waals surface area contributed by atoms with E-state index in [1.165, 1.54) is 16.5 Å². The summed E-state index contributed by atoms with van der Waals surface area (Å²) in [4.78, 5) is 7.14. The number of aryl methyl sites for hydroxylation is 2. The number of nitrogens with zero attached hydrogens (tertiary/aromatic N) is 2. The summed E-state index contributed by atoms with van der Waals surface area (Å²) in [5, 5.41) is 1.26. The second-order valence-corrected chi connectivity index (χ2v) is 4.87. The van der Waals surface area contributed by atoms with E-state index in [-0.39, 0.29) is 0 Å². The topological polar surface area (TPSA) is 25.4 Å². The summed E-state index contributed by atoms with van der Waals surface area (Å²) >= 11 is 0. The van der Waals surface area contributed by atoms with Crippen LogP contribution in [0.25, 0.3) is 10.9 Å². The van der Waals surface area contributed by atoms with E-state index in [0.717, 1.165) is 37.6 Å². The molecule has 1 fully saturated rings. The second-order valence-electron chi connectivity index (χ2n) is 4.87. The van der Waals surface area contributed by atoms with E-state index in [1.54, 1.807) is 0 Å². The third-order valence-corrected chi connectivity index (χ3v) is 3.57. The maximum atomic E-state index is 5.39. The van der Waals surface area contributed by atoms with Gasteiger partial charge in [-0.3, -0.25) is 0 Å². The number of morpholine rings is 1. The summed E-state index contributed by atoms with van der Waals surface area (Å²) in [6, 6.07) is 8.56. The van der Waals surface area contributed by atoms with Crippen molar-refractivity contribution >= 4 is 16.7 Å². The normalized spacial score (nSPS) is 16.2. The summed E-state index contributed by atoms with van der Waals surface area (Å²) in [5.41, 5.74) is 3.66. The van der Waals surface area contributed by atoms with Crippen molar-refractivity contribution in [3.05, 3.63) is 35.4 Å². The molecule has 0 bridgehead atoms. The van der Waals surface area contributed by atoms with Gasteiger partial charge in [-0.2, -0.15) is 0 Å². The Labute approximate surface area is 107 Å². The predicted octanol–water partition coefficient (Wildman–Crippen LogP) is 2.69. The molecule has 1 aliphatic rings. The van der Waals surface area contributed by atoms with Crippen molar-refractivity contribution in [2.24, 2.45) is 0 Å². The largest absolute Gasteiger partial charge is 0.378 e. The molecule has 0 radical (unpaired) electrons. The van der Waals surface area contributed by atoms with Crippen molar-refractivity contribution in [3.8, 4) is 0 Å². The van der Waals surface area contributed by atoms with Crippen LogP contribution in [0, 0.1) is 13.8 Å². The molecule has 1 saturated heterocycles. The van der Waals surface area contributed by atoms with Gasteiger partial charge in [0.25, 0.3) is 0 Å². The van der Waals surface area contributed by atoms with Gasteiger partial charge in [0.2, 0.25) is 0 Å². The zero-order chi connectivity index (χ0) is 12.5. The molecular formula is C15H18N2O. The number of pyridine rings is 1. The molecular weight excluding hydrogens is 224 g/mol. The molecule has 2 heterocycles. The van der Waals surface area contributed by atoms with E-state index >= 15 is 0 Å². The zero-order valence-corrected chi connectivity index (χ0v) is 10.9. The molecule has 94 valence electrons. The number of fused-ring (bicyclic) bond motifs is 1. The van der Waals surface area contributed by atoms with Crippen LogP contribution in [0.15, 0.2) is 24.3 Å². The Hall–Kier alpha value is -1.61. The molecule has 0 unspecified atom stereocenters. The van der Waals surface area contributed by atoms with Crippen LogP contribution in [0.4, 0.5) is 5.82 Å². The summed E-state index contributed by atoms with van der Waals surface area (Å²) in [6.07, 6.45) is 0. The molecule has 0 amide bonds. The number of para-hydroxylation sites is 1. The van der Waals surface area contributed by atoms with Gasteiger partial charge in [0, 0.05) is 18.5 Å². The fourth-order valence-electron chi connectivity index (χ4n) is 2.50. The van der Waals surface area contributed by atoms with Crippen molar-refractivity contribution in [1.82, 2.24) is 4.98 Å². The average Bonchev–Trinajstić information content (AvgIpc) is 2.41. The monoisotopic (exact) mass is 242 g/mol. The smallest absolute Gasteiger partial charge is 0.129 e. The van der Waals surface area contributed by atoms with Gasteiger partial charge >= 0.3 is 0 Å². The third-order valence-electron chi connectivity index (χ3n) is 3.57. The lowest BCUT2D eigenvalue weighted by Crippen LogP contribution is -2.36. The number of aromatic nitrogens is 1. The van der Waals surface area contributed by atoms with Gasteiger partial charge in [0.05, 0.1) is 18.7 Å². The van der Waals surface area contributed by atoms with Crippen molar-refractivity contribution in [3.63, 3.8) is 0 Å². The highest BCUT2D eigenvalue weighted by atomic mass is 16.5.